The molecule has 8 heteroatoms. The van der Waals surface area contributed by atoms with E-state index < -0.39 is 11.6 Å². The van der Waals surface area contributed by atoms with Crippen molar-refractivity contribution in [1.29, 1.82) is 0 Å². The van der Waals surface area contributed by atoms with Crippen LogP contribution in [0.3, 0.4) is 0 Å². The van der Waals surface area contributed by atoms with E-state index in [2.05, 4.69) is 9.97 Å². The molecule has 0 spiro atoms. The lowest BCUT2D eigenvalue weighted by Gasteiger charge is -2.26. The number of halogens is 3. The van der Waals surface area contributed by atoms with Crippen molar-refractivity contribution in [3.63, 3.8) is 0 Å². The molecule has 27 heavy (non-hydrogen) atoms. The molecule has 0 amide bonds. The maximum absolute atomic E-state index is 13.3. The number of benzene rings is 1. The quantitative estimate of drug-likeness (QED) is 0.685. The number of nitrogens with zero attached hydrogens (tertiary/aromatic N) is 3. The van der Waals surface area contributed by atoms with Gasteiger partial charge in [-0.2, -0.15) is 4.98 Å². The summed E-state index contributed by atoms with van der Waals surface area (Å²) in [5, 5.41) is 0.147. The van der Waals surface area contributed by atoms with Gasteiger partial charge in [-0.1, -0.05) is 6.08 Å². The maximum Gasteiger partial charge on any atom is 0.225 e. The van der Waals surface area contributed by atoms with Crippen LogP contribution in [0.4, 0.5) is 8.78 Å². The summed E-state index contributed by atoms with van der Waals surface area (Å²) in [4.78, 5) is 9.82. The minimum atomic E-state index is -0.944. The van der Waals surface area contributed by atoms with E-state index in [1.165, 1.54) is 6.07 Å². The summed E-state index contributed by atoms with van der Waals surface area (Å²) in [6, 6.07) is 3.44. The molecule has 0 fully saturated rings. The van der Waals surface area contributed by atoms with Crippen LogP contribution in [0.2, 0.25) is 5.28 Å². The van der Waals surface area contributed by atoms with E-state index in [1.54, 1.807) is 12.3 Å². The van der Waals surface area contributed by atoms with Crippen molar-refractivity contribution < 1.29 is 18.3 Å². The normalized spacial score (nSPS) is 13.9. The van der Waals surface area contributed by atoms with Crippen molar-refractivity contribution in [2.24, 2.45) is 0 Å². The second kappa shape index (κ2) is 8.35. The zero-order valence-electron chi connectivity index (χ0n) is 14.9. The number of hydrogen-bond donors (Lipinski definition) is 0. The van der Waals surface area contributed by atoms with Gasteiger partial charge in [0.05, 0.1) is 6.61 Å². The van der Waals surface area contributed by atoms with Gasteiger partial charge < -0.3 is 14.4 Å². The average molecular weight is 394 g/mol. The molecule has 0 N–H and O–H groups in total. The number of rotatable bonds is 6. The van der Waals surface area contributed by atoms with Gasteiger partial charge in [-0.3, -0.25) is 0 Å². The molecule has 142 valence electrons. The van der Waals surface area contributed by atoms with Crippen molar-refractivity contribution in [1.82, 2.24) is 14.9 Å². The fraction of sp³-hybridized carbons (Fsp3) is 0.263. The molecule has 0 radical (unpaired) electrons. The molecule has 2 aromatic rings. The third-order valence-corrected chi connectivity index (χ3v) is 4.13. The molecule has 0 atom stereocenters. The number of ether oxygens (including phenoxy) is 2. The first-order chi connectivity index (χ1) is 12.9. The summed E-state index contributed by atoms with van der Waals surface area (Å²) in [7, 11) is 1.86. The lowest BCUT2D eigenvalue weighted by Crippen LogP contribution is -2.27. The molecule has 1 aliphatic heterocycles. The summed E-state index contributed by atoms with van der Waals surface area (Å²) >= 11 is 5.78. The Balaban J connectivity index is 1.58. The van der Waals surface area contributed by atoms with Gasteiger partial charge in [-0.15, -0.1) is 0 Å². The summed E-state index contributed by atoms with van der Waals surface area (Å²) in [6.07, 6.45) is 6.02. The number of aryl methyl sites for hydroxylation is 1. The van der Waals surface area contributed by atoms with Crippen molar-refractivity contribution in [3.05, 3.63) is 70.5 Å². The van der Waals surface area contributed by atoms with E-state index in [4.69, 9.17) is 21.1 Å². The van der Waals surface area contributed by atoms with Crippen LogP contribution in [0.25, 0.3) is 0 Å². The summed E-state index contributed by atoms with van der Waals surface area (Å²) in [5.74, 6) is -0.596. The third-order valence-electron chi connectivity index (χ3n) is 3.95. The van der Waals surface area contributed by atoms with Crippen molar-refractivity contribution >= 4 is 11.6 Å². The Morgan fingerprint density at radius 2 is 2.04 bits per heavy atom. The van der Waals surface area contributed by atoms with Gasteiger partial charge in [0, 0.05) is 37.8 Å². The number of allylic oxidation sites excluding steroid dienone is 2. The Morgan fingerprint density at radius 3 is 2.78 bits per heavy atom. The number of likely N-dealkylation sites (N-methyl/N-ethyl adjacent to an activating group) is 1. The molecular weight excluding hydrogens is 376 g/mol. The zero-order valence-corrected chi connectivity index (χ0v) is 15.6. The lowest BCUT2D eigenvalue weighted by molar-refractivity contribution is 0.249. The minimum Gasteiger partial charge on any atom is -0.477 e. The molecule has 2 heterocycles. The molecule has 0 bridgehead atoms. The number of hydrogen-bond acceptors (Lipinski definition) is 5. The first-order valence-corrected chi connectivity index (χ1v) is 8.66. The monoisotopic (exact) mass is 393 g/mol. The lowest BCUT2D eigenvalue weighted by atomic mass is 10.1. The van der Waals surface area contributed by atoms with Crippen LogP contribution < -0.4 is 9.47 Å². The van der Waals surface area contributed by atoms with Crippen LogP contribution in [0.1, 0.15) is 12.0 Å². The zero-order chi connectivity index (χ0) is 19.4. The predicted molar refractivity (Wildman–Crippen MR) is 97.7 cm³/mol. The maximum atomic E-state index is 13.3. The molecule has 0 saturated carbocycles. The minimum absolute atomic E-state index is 0.147. The van der Waals surface area contributed by atoms with Crippen LogP contribution in [-0.4, -0.2) is 35.1 Å². The molecule has 1 aromatic heterocycles. The molecule has 0 saturated heterocycles. The third kappa shape index (κ3) is 4.95. The Hall–Kier alpha value is -2.67. The van der Waals surface area contributed by atoms with Gasteiger partial charge in [0.2, 0.25) is 11.2 Å². The van der Waals surface area contributed by atoms with Crippen molar-refractivity contribution in [3.8, 4) is 11.6 Å². The standard InChI is InChI=1S/C19H18ClF2N3O2/c1-12-10-23-19(20)24-18(12)26-8-7-13-3-6-17(25(2)11-13)27-14-4-5-15(21)16(22)9-14/h3-6,9-10H,7-8,11H2,1-2H3. The van der Waals surface area contributed by atoms with Crippen LogP contribution in [0.15, 0.2) is 48.0 Å². The predicted octanol–water partition coefficient (Wildman–Crippen LogP) is 4.28. The second-order valence-electron chi connectivity index (χ2n) is 6.09. The van der Waals surface area contributed by atoms with E-state index in [9.17, 15) is 8.78 Å². The molecule has 1 aliphatic rings. The van der Waals surface area contributed by atoms with Crippen LogP contribution in [0.5, 0.6) is 11.6 Å². The molecule has 3 rings (SSSR count). The summed E-state index contributed by atoms with van der Waals surface area (Å²) in [6.45, 7) is 2.92. The smallest absolute Gasteiger partial charge is 0.225 e. The van der Waals surface area contributed by atoms with Crippen molar-refractivity contribution in [2.75, 3.05) is 20.2 Å². The molecule has 0 unspecified atom stereocenters. The highest BCUT2D eigenvalue weighted by Gasteiger charge is 2.15. The SMILES string of the molecule is Cc1cnc(Cl)nc1OCCC1=CC=C(Oc2ccc(F)c(F)c2)N(C)C1. The first-order valence-electron chi connectivity index (χ1n) is 8.28. The van der Waals surface area contributed by atoms with Crippen LogP contribution >= 0.6 is 11.6 Å². The summed E-state index contributed by atoms with van der Waals surface area (Å²) in [5.41, 5.74) is 1.95. The number of aromatic nitrogens is 2. The molecule has 0 aliphatic carbocycles. The fourth-order valence-electron chi connectivity index (χ4n) is 2.52. The van der Waals surface area contributed by atoms with E-state index in [1.807, 2.05) is 24.9 Å². The van der Waals surface area contributed by atoms with Gasteiger partial charge in [0.25, 0.3) is 0 Å². The Morgan fingerprint density at radius 1 is 1.22 bits per heavy atom. The molecular formula is C19H18ClF2N3O2. The highest BCUT2D eigenvalue weighted by atomic mass is 35.5. The van der Waals surface area contributed by atoms with Gasteiger partial charge in [-0.25, -0.2) is 13.8 Å². The van der Waals surface area contributed by atoms with Gasteiger partial charge in [0.15, 0.2) is 17.5 Å². The Labute approximate surface area is 160 Å². The summed E-state index contributed by atoms with van der Waals surface area (Å²) < 4.78 is 37.6. The van der Waals surface area contributed by atoms with E-state index in [-0.39, 0.29) is 11.0 Å². The van der Waals surface area contributed by atoms with E-state index in [0.717, 1.165) is 23.3 Å². The average Bonchev–Trinajstić information content (AvgIpc) is 2.63. The van der Waals surface area contributed by atoms with Gasteiger partial charge in [-0.05, 0) is 42.3 Å². The Kier molecular flexibility index (Phi) is 5.91. The van der Waals surface area contributed by atoms with Gasteiger partial charge >= 0.3 is 0 Å². The fourth-order valence-corrected chi connectivity index (χ4v) is 2.64. The molecule has 5 nitrogen and oxygen atoms in total. The van der Waals surface area contributed by atoms with Crippen LogP contribution in [0, 0.1) is 18.6 Å². The highest BCUT2D eigenvalue weighted by Crippen LogP contribution is 2.23. The van der Waals surface area contributed by atoms with E-state index in [0.29, 0.717) is 31.3 Å². The highest BCUT2D eigenvalue weighted by molar-refractivity contribution is 6.28. The van der Waals surface area contributed by atoms with Crippen molar-refractivity contribution in [2.45, 2.75) is 13.3 Å². The molecule has 1 aromatic carbocycles. The first kappa shape index (κ1) is 19.1. The largest absolute Gasteiger partial charge is 0.477 e. The Bertz CT molecular complexity index is 903. The van der Waals surface area contributed by atoms with Crippen LogP contribution in [-0.2, 0) is 0 Å². The topological polar surface area (TPSA) is 47.5 Å². The van der Waals surface area contributed by atoms with Gasteiger partial charge in [0.1, 0.15) is 5.75 Å². The second-order valence-corrected chi connectivity index (χ2v) is 6.43. The van der Waals surface area contributed by atoms with E-state index >= 15 is 0 Å².